The number of benzene rings is 1. The van der Waals surface area contributed by atoms with Gasteiger partial charge in [-0.25, -0.2) is 13.1 Å². The van der Waals surface area contributed by atoms with Crippen LogP contribution in [0.5, 0.6) is 0 Å². The van der Waals surface area contributed by atoms with Gasteiger partial charge in [-0.2, -0.15) is 0 Å². The molecule has 0 amide bonds. The molecule has 1 unspecified atom stereocenters. The molecule has 0 spiro atoms. The first-order valence-electron chi connectivity index (χ1n) is 4.62. The van der Waals surface area contributed by atoms with Crippen LogP contribution in [0.15, 0.2) is 33.6 Å². The molecule has 0 saturated heterocycles. The van der Waals surface area contributed by atoms with Gasteiger partial charge in [0.15, 0.2) is 0 Å². The van der Waals surface area contributed by atoms with E-state index in [4.69, 9.17) is 0 Å². The zero-order chi connectivity index (χ0) is 12.3. The van der Waals surface area contributed by atoms with Gasteiger partial charge in [-0.1, -0.05) is 12.1 Å². The van der Waals surface area contributed by atoms with E-state index in [1.165, 1.54) is 19.9 Å². The summed E-state index contributed by atoms with van der Waals surface area (Å²) in [5.41, 5.74) is 0. The fraction of sp³-hybridized carbons (Fsp3) is 0.300. The lowest BCUT2D eigenvalue weighted by molar-refractivity contribution is -0.118. The number of rotatable bonds is 4. The fourth-order valence-electron chi connectivity index (χ4n) is 1.04. The SMILES string of the molecule is CC(=O)C(C)NS(=O)(=O)c1ccccc1Br. The molecule has 0 fully saturated rings. The van der Waals surface area contributed by atoms with Crippen LogP contribution in [-0.2, 0) is 14.8 Å². The van der Waals surface area contributed by atoms with Crippen molar-refractivity contribution in [3.8, 4) is 0 Å². The third-order valence-electron chi connectivity index (χ3n) is 2.07. The Labute approximate surface area is 103 Å². The van der Waals surface area contributed by atoms with Gasteiger partial charge in [0.2, 0.25) is 10.0 Å². The number of sulfonamides is 1. The summed E-state index contributed by atoms with van der Waals surface area (Å²) in [4.78, 5) is 11.1. The van der Waals surface area contributed by atoms with Crippen LogP contribution in [0.1, 0.15) is 13.8 Å². The van der Waals surface area contributed by atoms with E-state index >= 15 is 0 Å². The molecule has 1 N–H and O–H groups in total. The number of nitrogens with one attached hydrogen (secondary N) is 1. The smallest absolute Gasteiger partial charge is 0.242 e. The molecule has 16 heavy (non-hydrogen) atoms. The summed E-state index contributed by atoms with van der Waals surface area (Å²) < 4.78 is 26.5. The standard InChI is InChI=1S/C10H12BrNO3S/c1-7(8(2)13)12-16(14,15)10-6-4-3-5-9(10)11/h3-7,12H,1-2H3. The van der Waals surface area contributed by atoms with Crippen molar-refractivity contribution < 1.29 is 13.2 Å². The molecule has 0 aromatic heterocycles. The topological polar surface area (TPSA) is 63.2 Å². The minimum atomic E-state index is -3.65. The number of ketones is 1. The third-order valence-corrected chi connectivity index (χ3v) is 4.62. The summed E-state index contributed by atoms with van der Waals surface area (Å²) in [7, 11) is -3.65. The van der Waals surface area contributed by atoms with Crippen LogP contribution in [0.25, 0.3) is 0 Å². The van der Waals surface area contributed by atoms with Gasteiger partial charge in [-0.3, -0.25) is 4.79 Å². The zero-order valence-corrected chi connectivity index (χ0v) is 11.3. The first kappa shape index (κ1) is 13.3. The normalized spacial score (nSPS) is 13.4. The largest absolute Gasteiger partial charge is 0.298 e. The Morgan fingerprint density at radius 2 is 1.94 bits per heavy atom. The highest BCUT2D eigenvalue weighted by molar-refractivity contribution is 9.10. The maximum atomic E-state index is 11.9. The Bertz CT molecular complexity index is 499. The predicted octanol–water partition coefficient (Wildman–Crippen LogP) is 1.70. The Morgan fingerprint density at radius 3 is 2.44 bits per heavy atom. The number of hydrogen-bond donors (Lipinski definition) is 1. The molecular formula is C10H12BrNO3S. The molecule has 0 aliphatic heterocycles. The summed E-state index contributed by atoms with van der Waals surface area (Å²) in [6.45, 7) is 2.85. The molecule has 88 valence electrons. The maximum Gasteiger partial charge on any atom is 0.242 e. The third kappa shape index (κ3) is 3.13. The molecule has 1 aromatic carbocycles. The van der Waals surface area contributed by atoms with Crippen molar-refractivity contribution in [1.82, 2.24) is 4.72 Å². The second-order valence-electron chi connectivity index (χ2n) is 3.38. The molecule has 0 saturated carbocycles. The minimum absolute atomic E-state index is 0.128. The van der Waals surface area contributed by atoms with E-state index in [2.05, 4.69) is 20.7 Å². The lowest BCUT2D eigenvalue weighted by Gasteiger charge is -2.12. The van der Waals surface area contributed by atoms with Crippen molar-refractivity contribution in [1.29, 1.82) is 0 Å². The number of carbonyl (C=O) groups is 1. The average molecular weight is 306 g/mol. The second-order valence-corrected chi connectivity index (χ2v) is 5.92. The van der Waals surface area contributed by atoms with Crippen LogP contribution in [-0.4, -0.2) is 20.2 Å². The Balaban J connectivity index is 3.04. The molecule has 1 atom stereocenters. The first-order chi connectivity index (χ1) is 7.34. The number of carbonyl (C=O) groups excluding carboxylic acids is 1. The highest BCUT2D eigenvalue weighted by Gasteiger charge is 2.21. The minimum Gasteiger partial charge on any atom is -0.298 e. The summed E-state index contributed by atoms with van der Waals surface area (Å²) in [5.74, 6) is -0.226. The Kier molecular flexibility index (Phi) is 4.23. The second kappa shape index (κ2) is 5.07. The van der Waals surface area contributed by atoms with E-state index in [0.29, 0.717) is 4.47 Å². The summed E-state index contributed by atoms with van der Waals surface area (Å²) in [6.07, 6.45) is 0. The van der Waals surface area contributed by atoms with E-state index in [1.807, 2.05) is 0 Å². The lowest BCUT2D eigenvalue weighted by Crippen LogP contribution is -2.37. The van der Waals surface area contributed by atoms with Gasteiger partial charge in [0, 0.05) is 4.47 Å². The van der Waals surface area contributed by atoms with E-state index in [0.717, 1.165) is 0 Å². The molecular weight excluding hydrogens is 294 g/mol. The summed E-state index contributed by atoms with van der Waals surface area (Å²) in [5, 5.41) is 0. The van der Waals surface area contributed by atoms with E-state index in [-0.39, 0.29) is 10.7 Å². The molecule has 0 aliphatic carbocycles. The van der Waals surface area contributed by atoms with Crippen molar-refractivity contribution in [3.63, 3.8) is 0 Å². The number of Topliss-reactive ketones (excluding diaryl/α,β-unsaturated/α-hetero) is 1. The van der Waals surface area contributed by atoms with Crippen LogP contribution >= 0.6 is 15.9 Å². The maximum absolute atomic E-state index is 11.9. The van der Waals surface area contributed by atoms with Crippen LogP contribution in [0.4, 0.5) is 0 Å². The van der Waals surface area contributed by atoms with E-state index in [1.54, 1.807) is 18.2 Å². The highest BCUT2D eigenvalue weighted by Crippen LogP contribution is 2.21. The van der Waals surface area contributed by atoms with E-state index in [9.17, 15) is 13.2 Å². The fourth-order valence-corrected chi connectivity index (χ4v) is 3.31. The molecule has 1 aromatic rings. The van der Waals surface area contributed by atoms with Gasteiger partial charge in [-0.05, 0) is 41.9 Å². The Hall–Kier alpha value is -0.720. The van der Waals surface area contributed by atoms with Crippen molar-refractivity contribution in [2.45, 2.75) is 24.8 Å². The van der Waals surface area contributed by atoms with Gasteiger partial charge >= 0.3 is 0 Å². The van der Waals surface area contributed by atoms with Gasteiger partial charge in [0.25, 0.3) is 0 Å². The van der Waals surface area contributed by atoms with Gasteiger partial charge in [0.05, 0.1) is 10.9 Å². The number of halogens is 1. The van der Waals surface area contributed by atoms with Crippen molar-refractivity contribution in [2.24, 2.45) is 0 Å². The molecule has 1 rings (SSSR count). The molecule has 4 nitrogen and oxygen atoms in total. The molecule has 6 heteroatoms. The molecule has 0 bridgehead atoms. The van der Waals surface area contributed by atoms with Gasteiger partial charge in [-0.15, -0.1) is 0 Å². The van der Waals surface area contributed by atoms with Crippen LogP contribution in [0.3, 0.4) is 0 Å². The molecule has 0 radical (unpaired) electrons. The van der Waals surface area contributed by atoms with Crippen LogP contribution < -0.4 is 4.72 Å². The zero-order valence-electron chi connectivity index (χ0n) is 8.90. The first-order valence-corrected chi connectivity index (χ1v) is 6.89. The van der Waals surface area contributed by atoms with Crippen molar-refractivity contribution in [3.05, 3.63) is 28.7 Å². The van der Waals surface area contributed by atoms with Gasteiger partial charge < -0.3 is 0 Å². The van der Waals surface area contributed by atoms with E-state index < -0.39 is 16.1 Å². The van der Waals surface area contributed by atoms with Crippen molar-refractivity contribution >= 4 is 31.7 Å². The molecule has 0 heterocycles. The van der Waals surface area contributed by atoms with Gasteiger partial charge in [0.1, 0.15) is 5.78 Å². The number of hydrogen-bond acceptors (Lipinski definition) is 3. The predicted molar refractivity (Wildman–Crippen MR) is 64.6 cm³/mol. The average Bonchev–Trinajstić information content (AvgIpc) is 2.17. The summed E-state index contributed by atoms with van der Waals surface area (Å²) in [6, 6.07) is 5.72. The van der Waals surface area contributed by atoms with Crippen LogP contribution in [0.2, 0.25) is 0 Å². The van der Waals surface area contributed by atoms with Crippen molar-refractivity contribution in [2.75, 3.05) is 0 Å². The quantitative estimate of drug-likeness (QED) is 0.921. The van der Waals surface area contributed by atoms with Crippen LogP contribution in [0, 0.1) is 0 Å². The summed E-state index contributed by atoms with van der Waals surface area (Å²) >= 11 is 3.15. The Morgan fingerprint density at radius 1 is 1.38 bits per heavy atom. The highest BCUT2D eigenvalue weighted by atomic mass is 79.9. The molecule has 0 aliphatic rings. The monoisotopic (exact) mass is 305 g/mol. The lowest BCUT2D eigenvalue weighted by atomic mass is 10.3.